The molecule has 1 unspecified atom stereocenters. The van der Waals surface area contributed by atoms with Crippen LogP contribution in [0.5, 0.6) is 0 Å². The standard InChI is InChI=1S/C12H15N3O2S/c1-15(10-4-5-18(16,17)8-10)12-3-2-9(7-13)6-11(12)14/h2-3,6,10H,4-5,8,14H2,1H3. The van der Waals surface area contributed by atoms with Gasteiger partial charge in [0.15, 0.2) is 9.84 Å². The van der Waals surface area contributed by atoms with Gasteiger partial charge in [-0.1, -0.05) is 0 Å². The van der Waals surface area contributed by atoms with Crippen LogP contribution >= 0.6 is 0 Å². The highest BCUT2D eigenvalue weighted by molar-refractivity contribution is 7.91. The molecule has 2 N–H and O–H groups in total. The first-order valence-electron chi connectivity index (χ1n) is 5.66. The normalized spacial score (nSPS) is 21.4. The first-order chi connectivity index (χ1) is 8.43. The molecular weight excluding hydrogens is 250 g/mol. The van der Waals surface area contributed by atoms with Gasteiger partial charge < -0.3 is 10.6 Å². The van der Waals surface area contributed by atoms with Gasteiger partial charge in [-0.15, -0.1) is 0 Å². The molecule has 2 rings (SSSR count). The summed E-state index contributed by atoms with van der Waals surface area (Å²) in [6.07, 6.45) is 0.623. The Morgan fingerprint density at radius 2 is 2.22 bits per heavy atom. The third-order valence-corrected chi connectivity index (χ3v) is 5.04. The first kappa shape index (κ1) is 12.7. The molecular formula is C12H15N3O2S. The van der Waals surface area contributed by atoms with Crippen molar-refractivity contribution < 1.29 is 8.42 Å². The van der Waals surface area contributed by atoms with Crippen molar-refractivity contribution in [2.45, 2.75) is 12.5 Å². The van der Waals surface area contributed by atoms with Crippen LogP contribution in [0.3, 0.4) is 0 Å². The summed E-state index contributed by atoms with van der Waals surface area (Å²) in [4.78, 5) is 1.89. The molecule has 1 atom stereocenters. The molecule has 1 aromatic carbocycles. The summed E-state index contributed by atoms with van der Waals surface area (Å²) in [5, 5.41) is 8.77. The molecule has 0 aliphatic carbocycles. The van der Waals surface area contributed by atoms with Crippen LogP contribution in [-0.4, -0.2) is 33.0 Å². The molecule has 1 aliphatic heterocycles. The number of hydrogen-bond donors (Lipinski definition) is 1. The van der Waals surface area contributed by atoms with Crippen molar-refractivity contribution in [2.24, 2.45) is 0 Å². The van der Waals surface area contributed by atoms with E-state index in [1.165, 1.54) is 0 Å². The van der Waals surface area contributed by atoms with E-state index < -0.39 is 9.84 Å². The molecule has 1 fully saturated rings. The zero-order chi connectivity index (χ0) is 13.3. The summed E-state index contributed by atoms with van der Waals surface area (Å²) in [6.45, 7) is 0. The van der Waals surface area contributed by atoms with Crippen molar-refractivity contribution in [3.05, 3.63) is 23.8 Å². The minimum atomic E-state index is -2.91. The Kier molecular flexibility index (Phi) is 3.18. The maximum absolute atomic E-state index is 11.5. The van der Waals surface area contributed by atoms with E-state index in [-0.39, 0.29) is 17.5 Å². The minimum Gasteiger partial charge on any atom is -0.397 e. The third kappa shape index (κ3) is 2.41. The second-order valence-electron chi connectivity index (χ2n) is 4.55. The lowest BCUT2D eigenvalue weighted by atomic mass is 10.1. The molecule has 1 saturated heterocycles. The van der Waals surface area contributed by atoms with Gasteiger partial charge in [0.05, 0.1) is 34.5 Å². The third-order valence-electron chi connectivity index (χ3n) is 3.29. The van der Waals surface area contributed by atoms with E-state index in [1.807, 2.05) is 18.0 Å². The van der Waals surface area contributed by atoms with E-state index in [0.717, 1.165) is 5.69 Å². The van der Waals surface area contributed by atoms with Crippen molar-refractivity contribution in [2.75, 3.05) is 29.2 Å². The lowest BCUT2D eigenvalue weighted by Crippen LogP contribution is -2.33. The number of rotatable bonds is 2. The Hall–Kier alpha value is -1.74. The van der Waals surface area contributed by atoms with E-state index in [9.17, 15) is 8.42 Å². The number of nitriles is 1. The molecule has 0 spiro atoms. The van der Waals surface area contributed by atoms with Crippen molar-refractivity contribution in [1.29, 1.82) is 5.26 Å². The average Bonchev–Trinajstić information content (AvgIpc) is 2.68. The lowest BCUT2D eigenvalue weighted by molar-refractivity contribution is 0.601. The van der Waals surface area contributed by atoms with Gasteiger partial charge in [-0.05, 0) is 24.6 Å². The molecule has 6 heteroatoms. The van der Waals surface area contributed by atoms with Gasteiger partial charge >= 0.3 is 0 Å². The van der Waals surface area contributed by atoms with Gasteiger partial charge in [0, 0.05) is 13.1 Å². The van der Waals surface area contributed by atoms with Gasteiger partial charge in [-0.25, -0.2) is 8.42 Å². The predicted molar refractivity (Wildman–Crippen MR) is 71.0 cm³/mol. The Bertz CT molecular complexity index is 604. The number of sulfone groups is 1. The zero-order valence-electron chi connectivity index (χ0n) is 10.1. The highest BCUT2D eigenvalue weighted by atomic mass is 32.2. The number of nitrogens with two attached hydrogens (primary N) is 1. The summed E-state index contributed by atoms with van der Waals surface area (Å²) >= 11 is 0. The van der Waals surface area contributed by atoms with Gasteiger partial charge in [0.2, 0.25) is 0 Å². The van der Waals surface area contributed by atoms with E-state index >= 15 is 0 Å². The van der Waals surface area contributed by atoms with E-state index in [1.54, 1.807) is 18.2 Å². The molecule has 0 radical (unpaired) electrons. The Balaban J connectivity index is 2.25. The van der Waals surface area contributed by atoms with Crippen LogP contribution in [0.25, 0.3) is 0 Å². The average molecular weight is 265 g/mol. The maximum Gasteiger partial charge on any atom is 0.152 e. The number of hydrogen-bond acceptors (Lipinski definition) is 5. The summed E-state index contributed by atoms with van der Waals surface area (Å²) in [6, 6.07) is 7.04. The number of anilines is 2. The van der Waals surface area contributed by atoms with Crippen molar-refractivity contribution in [3.8, 4) is 6.07 Å². The SMILES string of the molecule is CN(c1ccc(C#N)cc1N)C1CCS(=O)(=O)C1. The second-order valence-corrected chi connectivity index (χ2v) is 6.78. The lowest BCUT2D eigenvalue weighted by Gasteiger charge is -2.26. The predicted octanol–water partition coefficient (Wildman–Crippen LogP) is 0.764. The van der Waals surface area contributed by atoms with Crippen LogP contribution < -0.4 is 10.6 Å². The van der Waals surface area contributed by atoms with Crippen LogP contribution in [0.15, 0.2) is 18.2 Å². The quantitative estimate of drug-likeness (QED) is 0.798. The van der Waals surface area contributed by atoms with Crippen LogP contribution in [0.1, 0.15) is 12.0 Å². The molecule has 96 valence electrons. The van der Waals surface area contributed by atoms with Crippen molar-refractivity contribution >= 4 is 21.2 Å². The van der Waals surface area contributed by atoms with E-state index in [2.05, 4.69) is 0 Å². The highest BCUT2D eigenvalue weighted by Crippen LogP contribution is 2.28. The number of benzene rings is 1. The topological polar surface area (TPSA) is 87.2 Å². The van der Waals surface area contributed by atoms with Crippen molar-refractivity contribution in [1.82, 2.24) is 0 Å². The van der Waals surface area contributed by atoms with Gasteiger partial charge in [-0.2, -0.15) is 5.26 Å². The molecule has 0 amide bonds. The van der Waals surface area contributed by atoms with Gasteiger partial charge in [-0.3, -0.25) is 0 Å². The summed E-state index contributed by atoms with van der Waals surface area (Å²) in [7, 11) is -1.07. The Morgan fingerprint density at radius 3 is 2.72 bits per heavy atom. The maximum atomic E-state index is 11.5. The molecule has 1 aromatic rings. The Morgan fingerprint density at radius 1 is 1.50 bits per heavy atom. The second kappa shape index (κ2) is 4.50. The fraction of sp³-hybridized carbons (Fsp3) is 0.417. The largest absolute Gasteiger partial charge is 0.397 e. The molecule has 18 heavy (non-hydrogen) atoms. The first-order valence-corrected chi connectivity index (χ1v) is 7.48. The Labute approximate surface area is 107 Å². The number of nitrogen functional groups attached to an aromatic ring is 1. The van der Waals surface area contributed by atoms with Gasteiger partial charge in [0.25, 0.3) is 0 Å². The highest BCUT2D eigenvalue weighted by Gasteiger charge is 2.31. The van der Waals surface area contributed by atoms with Gasteiger partial charge in [0.1, 0.15) is 0 Å². The smallest absolute Gasteiger partial charge is 0.152 e. The molecule has 5 nitrogen and oxygen atoms in total. The zero-order valence-corrected chi connectivity index (χ0v) is 10.9. The van der Waals surface area contributed by atoms with Crippen molar-refractivity contribution in [3.63, 3.8) is 0 Å². The summed E-state index contributed by atoms with van der Waals surface area (Å²) in [5.74, 6) is 0.404. The van der Waals surface area contributed by atoms with Crippen LogP contribution in [0.4, 0.5) is 11.4 Å². The molecule has 0 bridgehead atoms. The summed E-state index contributed by atoms with van der Waals surface area (Å²) in [5.41, 5.74) is 7.67. The fourth-order valence-corrected chi connectivity index (χ4v) is 4.00. The molecule has 0 saturated carbocycles. The minimum absolute atomic E-state index is 0.0368. The van der Waals surface area contributed by atoms with E-state index in [4.69, 9.17) is 11.0 Å². The van der Waals surface area contributed by atoms with E-state index in [0.29, 0.717) is 17.7 Å². The molecule has 0 aromatic heterocycles. The summed E-state index contributed by atoms with van der Waals surface area (Å²) < 4.78 is 22.9. The monoisotopic (exact) mass is 265 g/mol. The number of nitrogens with zero attached hydrogens (tertiary/aromatic N) is 2. The fourth-order valence-electron chi connectivity index (χ4n) is 2.22. The molecule has 1 aliphatic rings. The van der Waals surface area contributed by atoms with Crippen LogP contribution in [0.2, 0.25) is 0 Å². The van der Waals surface area contributed by atoms with Crippen LogP contribution in [-0.2, 0) is 9.84 Å². The molecule has 1 heterocycles. The van der Waals surface area contributed by atoms with Crippen LogP contribution in [0, 0.1) is 11.3 Å².